The summed E-state index contributed by atoms with van der Waals surface area (Å²) in [6.45, 7) is 3.48. The second kappa shape index (κ2) is 4.33. The fraction of sp³-hybridized carbons (Fsp3) is 0.300. The van der Waals surface area contributed by atoms with E-state index in [1.54, 1.807) is 19.1 Å². The van der Waals surface area contributed by atoms with Gasteiger partial charge in [-0.15, -0.1) is 0 Å². The van der Waals surface area contributed by atoms with Crippen molar-refractivity contribution in [1.29, 1.82) is 0 Å². The van der Waals surface area contributed by atoms with Crippen LogP contribution in [0.25, 0.3) is 0 Å². The summed E-state index contributed by atoms with van der Waals surface area (Å²) < 4.78 is 0. The molecule has 1 rings (SSSR count). The third-order valence-corrected chi connectivity index (χ3v) is 2.18. The Kier molecular flexibility index (Phi) is 3.36. The maximum absolute atomic E-state index is 10.6. The molecule has 0 aromatic heterocycles. The summed E-state index contributed by atoms with van der Waals surface area (Å²) in [6, 6.07) is 4.72. The van der Waals surface area contributed by atoms with Gasteiger partial charge in [-0.2, -0.15) is 0 Å². The van der Waals surface area contributed by atoms with E-state index >= 15 is 0 Å². The Morgan fingerprint density at radius 3 is 2.79 bits per heavy atom. The summed E-state index contributed by atoms with van der Waals surface area (Å²) >= 11 is 5.79. The molecule has 4 heteroatoms. The molecule has 1 aromatic rings. The molecule has 0 heterocycles. The van der Waals surface area contributed by atoms with Crippen LogP contribution in [0, 0.1) is 6.92 Å². The molecule has 2 N–H and O–H groups in total. The van der Waals surface area contributed by atoms with Crippen molar-refractivity contribution in [3.63, 3.8) is 0 Å². The van der Waals surface area contributed by atoms with Gasteiger partial charge >= 0.3 is 5.97 Å². The number of hydrogen-bond donors (Lipinski definition) is 2. The van der Waals surface area contributed by atoms with Gasteiger partial charge in [0.25, 0.3) is 0 Å². The van der Waals surface area contributed by atoms with Gasteiger partial charge in [0.15, 0.2) is 0 Å². The molecule has 14 heavy (non-hydrogen) atoms. The lowest BCUT2D eigenvalue weighted by Gasteiger charge is -2.13. The first-order valence-corrected chi connectivity index (χ1v) is 4.64. The summed E-state index contributed by atoms with van der Waals surface area (Å²) in [6.07, 6.45) is 0. The van der Waals surface area contributed by atoms with Crippen molar-refractivity contribution in [2.24, 2.45) is 0 Å². The highest BCUT2D eigenvalue weighted by molar-refractivity contribution is 6.30. The number of halogens is 1. The highest BCUT2D eigenvalue weighted by Gasteiger charge is 2.11. The van der Waals surface area contributed by atoms with Crippen molar-refractivity contribution >= 4 is 23.3 Å². The molecule has 0 bridgehead atoms. The topological polar surface area (TPSA) is 49.3 Å². The Labute approximate surface area is 87.7 Å². The number of anilines is 1. The number of rotatable bonds is 3. The lowest BCUT2D eigenvalue weighted by molar-refractivity contribution is -0.137. The van der Waals surface area contributed by atoms with Crippen LogP contribution in [0.4, 0.5) is 5.69 Å². The molecule has 0 saturated carbocycles. The molecular weight excluding hydrogens is 202 g/mol. The number of aryl methyl sites for hydroxylation is 1. The van der Waals surface area contributed by atoms with Crippen LogP contribution in [-0.4, -0.2) is 17.1 Å². The van der Waals surface area contributed by atoms with Crippen molar-refractivity contribution < 1.29 is 9.90 Å². The zero-order chi connectivity index (χ0) is 10.7. The zero-order valence-corrected chi connectivity index (χ0v) is 8.80. The highest BCUT2D eigenvalue weighted by atomic mass is 35.5. The molecule has 0 amide bonds. The average molecular weight is 214 g/mol. The molecule has 0 aliphatic carbocycles. The number of carboxylic acid groups (broad SMARTS) is 1. The van der Waals surface area contributed by atoms with Crippen LogP contribution in [0.5, 0.6) is 0 Å². The normalized spacial score (nSPS) is 12.2. The molecule has 76 valence electrons. The van der Waals surface area contributed by atoms with E-state index in [1.165, 1.54) is 0 Å². The smallest absolute Gasteiger partial charge is 0.325 e. The monoisotopic (exact) mass is 213 g/mol. The minimum atomic E-state index is -0.885. The lowest BCUT2D eigenvalue weighted by Crippen LogP contribution is -2.25. The first kappa shape index (κ1) is 10.9. The summed E-state index contributed by atoms with van der Waals surface area (Å²) in [5, 5.41) is 12.2. The van der Waals surface area contributed by atoms with E-state index in [9.17, 15) is 4.79 Å². The van der Waals surface area contributed by atoms with Crippen molar-refractivity contribution in [3.8, 4) is 0 Å². The third-order valence-electron chi connectivity index (χ3n) is 1.94. The van der Waals surface area contributed by atoms with Gasteiger partial charge in [0.1, 0.15) is 6.04 Å². The van der Waals surface area contributed by atoms with Crippen LogP contribution in [0.2, 0.25) is 5.02 Å². The number of hydrogen-bond acceptors (Lipinski definition) is 2. The van der Waals surface area contributed by atoms with E-state index in [0.29, 0.717) is 5.02 Å². The Balaban J connectivity index is 2.85. The van der Waals surface area contributed by atoms with E-state index in [4.69, 9.17) is 16.7 Å². The summed E-state index contributed by atoms with van der Waals surface area (Å²) in [4.78, 5) is 10.6. The van der Waals surface area contributed by atoms with Gasteiger partial charge in [-0.1, -0.05) is 17.7 Å². The SMILES string of the molecule is Cc1ccc(Cl)cc1NC(C)C(=O)O. The van der Waals surface area contributed by atoms with Gasteiger partial charge in [-0.3, -0.25) is 4.79 Å². The Hall–Kier alpha value is -1.22. The van der Waals surface area contributed by atoms with E-state index in [-0.39, 0.29) is 0 Å². The van der Waals surface area contributed by atoms with Crippen molar-refractivity contribution in [2.75, 3.05) is 5.32 Å². The molecule has 0 radical (unpaired) electrons. The molecule has 0 aliphatic rings. The number of nitrogens with one attached hydrogen (secondary N) is 1. The quantitative estimate of drug-likeness (QED) is 0.811. The minimum absolute atomic E-state index is 0.593. The van der Waals surface area contributed by atoms with Crippen LogP contribution in [0.15, 0.2) is 18.2 Å². The van der Waals surface area contributed by atoms with Gasteiger partial charge in [0.05, 0.1) is 0 Å². The van der Waals surface area contributed by atoms with Crippen molar-refractivity contribution in [3.05, 3.63) is 28.8 Å². The van der Waals surface area contributed by atoms with Gasteiger partial charge in [0, 0.05) is 10.7 Å². The van der Waals surface area contributed by atoms with E-state index in [1.807, 2.05) is 13.0 Å². The fourth-order valence-electron chi connectivity index (χ4n) is 1.04. The number of carbonyl (C=O) groups is 1. The molecule has 0 fully saturated rings. The van der Waals surface area contributed by atoms with Crippen molar-refractivity contribution in [1.82, 2.24) is 0 Å². The van der Waals surface area contributed by atoms with Gasteiger partial charge in [0.2, 0.25) is 0 Å². The van der Waals surface area contributed by atoms with Crippen molar-refractivity contribution in [2.45, 2.75) is 19.9 Å². The van der Waals surface area contributed by atoms with E-state index in [2.05, 4.69) is 5.32 Å². The fourth-order valence-corrected chi connectivity index (χ4v) is 1.22. The molecule has 1 atom stereocenters. The summed E-state index contributed by atoms with van der Waals surface area (Å²) in [5.74, 6) is -0.885. The van der Waals surface area contributed by atoms with Crippen LogP contribution >= 0.6 is 11.6 Å². The molecule has 0 saturated heterocycles. The summed E-state index contributed by atoms with van der Waals surface area (Å²) in [7, 11) is 0. The number of aliphatic carboxylic acids is 1. The van der Waals surface area contributed by atoms with E-state index in [0.717, 1.165) is 11.3 Å². The molecular formula is C10H12ClNO2. The highest BCUT2D eigenvalue weighted by Crippen LogP contribution is 2.20. The minimum Gasteiger partial charge on any atom is -0.480 e. The van der Waals surface area contributed by atoms with Gasteiger partial charge in [-0.05, 0) is 31.5 Å². The Bertz CT molecular complexity index is 352. The number of benzene rings is 1. The molecule has 0 aliphatic heterocycles. The maximum Gasteiger partial charge on any atom is 0.325 e. The second-order valence-corrected chi connectivity index (χ2v) is 3.60. The number of carboxylic acids is 1. The zero-order valence-electron chi connectivity index (χ0n) is 8.04. The van der Waals surface area contributed by atoms with Gasteiger partial charge < -0.3 is 10.4 Å². The average Bonchev–Trinajstić information content (AvgIpc) is 2.11. The first-order valence-electron chi connectivity index (χ1n) is 4.26. The molecule has 1 unspecified atom stereocenters. The van der Waals surface area contributed by atoms with Crippen LogP contribution < -0.4 is 5.32 Å². The third kappa shape index (κ3) is 2.64. The van der Waals surface area contributed by atoms with Crippen LogP contribution in [0.1, 0.15) is 12.5 Å². The van der Waals surface area contributed by atoms with E-state index < -0.39 is 12.0 Å². The molecule has 3 nitrogen and oxygen atoms in total. The molecule has 0 spiro atoms. The molecule has 1 aromatic carbocycles. The maximum atomic E-state index is 10.6. The Morgan fingerprint density at radius 1 is 1.57 bits per heavy atom. The van der Waals surface area contributed by atoms with Gasteiger partial charge in [-0.25, -0.2) is 0 Å². The van der Waals surface area contributed by atoms with Crippen LogP contribution in [0.3, 0.4) is 0 Å². The first-order chi connectivity index (χ1) is 6.50. The summed E-state index contributed by atoms with van der Waals surface area (Å²) in [5.41, 5.74) is 1.73. The Morgan fingerprint density at radius 2 is 2.21 bits per heavy atom. The largest absolute Gasteiger partial charge is 0.480 e. The lowest BCUT2D eigenvalue weighted by atomic mass is 10.2. The predicted octanol–water partition coefficient (Wildman–Crippen LogP) is 2.53. The second-order valence-electron chi connectivity index (χ2n) is 3.16. The standard InChI is InChI=1S/C10H12ClNO2/c1-6-3-4-8(11)5-9(6)12-7(2)10(13)14/h3-5,7,12H,1-2H3,(H,13,14). The predicted molar refractivity (Wildman–Crippen MR) is 56.9 cm³/mol. The van der Waals surface area contributed by atoms with Crippen LogP contribution in [-0.2, 0) is 4.79 Å².